The summed E-state index contributed by atoms with van der Waals surface area (Å²) in [7, 11) is 1.40. The maximum atomic E-state index is 12.3. The molecule has 3 aromatic rings. The van der Waals surface area contributed by atoms with E-state index in [1.807, 2.05) is 36.4 Å². The minimum absolute atomic E-state index is 0.0203. The summed E-state index contributed by atoms with van der Waals surface area (Å²) in [5.41, 5.74) is 4.71. The zero-order valence-corrected chi connectivity index (χ0v) is 18.8. The number of amides is 2. The molecule has 0 saturated carbocycles. The van der Waals surface area contributed by atoms with Crippen LogP contribution in [-0.4, -0.2) is 57.6 Å². The highest BCUT2D eigenvalue weighted by Crippen LogP contribution is 2.44. The Hall–Kier alpha value is -4.27. The number of aromatic nitrogens is 2. The molecule has 0 saturated heterocycles. The number of ether oxygens (including phenoxy) is 1. The number of rotatable bonds is 7. The number of carbonyl (C=O) groups is 3. The summed E-state index contributed by atoms with van der Waals surface area (Å²) in [6.45, 7) is 1.63. The van der Waals surface area contributed by atoms with Crippen molar-refractivity contribution in [2.45, 2.75) is 25.4 Å². The third-order valence-electron chi connectivity index (χ3n) is 5.95. The van der Waals surface area contributed by atoms with Crippen molar-refractivity contribution in [3.05, 3.63) is 83.4 Å². The SMILES string of the molecule is C[C@@H](C(=O)O)N(C)C(=O)c1cnc(CNC(=O)OCC2c3ccccc3-c3ccccc32)nc1. The van der Waals surface area contributed by atoms with Gasteiger partial charge in [0.15, 0.2) is 0 Å². The summed E-state index contributed by atoms with van der Waals surface area (Å²) in [4.78, 5) is 45.0. The minimum atomic E-state index is -1.11. The highest BCUT2D eigenvalue weighted by Gasteiger charge is 2.29. The fourth-order valence-corrected chi connectivity index (χ4v) is 3.90. The predicted molar refractivity (Wildman–Crippen MR) is 123 cm³/mol. The second-order valence-corrected chi connectivity index (χ2v) is 8.00. The van der Waals surface area contributed by atoms with Crippen LogP contribution in [0.5, 0.6) is 0 Å². The molecule has 9 heteroatoms. The van der Waals surface area contributed by atoms with Gasteiger partial charge in [0, 0.05) is 25.4 Å². The number of hydrogen-bond donors (Lipinski definition) is 2. The molecule has 0 radical (unpaired) electrons. The molecule has 34 heavy (non-hydrogen) atoms. The molecule has 4 rings (SSSR count). The molecule has 0 fully saturated rings. The highest BCUT2D eigenvalue weighted by atomic mass is 16.5. The van der Waals surface area contributed by atoms with E-state index < -0.39 is 24.0 Å². The van der Waals surface area contributed by atoms with Gasteiger partial charge in [-0.15, -0.1) is 0 Å². The predicted octanol–water partition coefficient (Wildman–Crippen LogP) is 3.06. The van der Waals surface area contributed by atoms with Crippen molar-refractivity contribution in [2.75, 3.05) is 13.7 Å². The van der Waals surface area contributed by atoms with E-state index >= 15 is 0 Å². The van der Waals surface area contributed by atoms with E-state index in [1.54, 1.807) is 0 Å². The van der Waals surface area contributed by atoms with E-state index in [0.717, 1.165) is 27.2 Å². The molecule has 174 valence electrons. The van der Waals surface area contributed by atoms with Gasteiger partial charge in [-0.05, 0) is 29.2 Å². The van der Waals surface area contributed by atoms with Crippen LogP contribution in [0.25, 0.3) is 11.1 Å². The standard InChI is InChI=1S/C25H24N4O5/c1-15(24(31)32)29(2)23(30)16-11-26-22(27-12-16)13-28-25(33)34-14-21-19-9-5-3-7-17(19)18-8-4-6-10-20(18)21/h3-12,15,21H,13-14H2,1-2H3,(H,28,33)(H,31,32)/t15-/m0/s1. The van der Waals surface area contributed by atoms with E-state index in [1.165, 1.54) is 26.4 Å². The second-order valence-electron chi connectivity index (χ2n) is 8.00. The summed E-state index contributed by atoms with van der Waals surface area (Å²) in [6, 6.07) is 15.2. The Balaban J connectivity index is 1.32. The van der Waals surface area contributed by atoms with Crippen LogP contribution < -0.4 is 5.32 Å². The number of aliphatic carboxylic acids is 1. The number of carbonyl (C=O) groups excluding carboxylic acids is 2. The Morgan fingerprint density at radius 2 is 1.59 bits per heavy atom. The maximum Gasteiger partial charge on any atom is 0.407 e. The van der Waals surface area contributed by atoms with Crippen LogP contribution in [0.15, 0.2) is 60.9 Å². The van der Waals surface area contributed by atoms with Crippen molar-refractivity contribution < 1.29 is 24.2 Å². The molecule has 0 unspecified atom stereocenters. The van der Waals surface area contributed by atoms with Gasteiger partial charge in [0.2, 0.25) is 0 Å². The Labute approximate surface area is 196 Å². The molecular formula is C25H24N4O5. The summed E-state index contributed by atoms with van der Waals surface area (Å²) in [5, 5.41) is 11.7. The van der Waals surface area contributed by atoms with Crippen LogP contribution >= 0.6 is 0 Å². The van der Waals surface area contributed by atoms with Crippen LogP contribution in [0, 0.1) is 0 Å². The number of nitrogens with zero attached hydrogens (tertiary/aromatic N) is 3. The van der Waals surface area contributed by atoms with E-state index in [-0.39, 0.29) is 24.6 Å². The van der Waals surface area contributed by atoms with Crippen molar-refractivity contribution in [1.82, 2.24) is 20.2 Å². The first-order valence-corrected chi connectivity index (χ1v) is 10.8. The molecule has 9 nitrogen and oxygen atoms in total. The number of carboxylic acid groups (broad SMARTS) is 1. The lowest BCUT2D eigenvalue weighted by atomic mass is 9.98. The van der Waals surface area contributed by atoms with Crippen molar-refractivity contribution in [3.63, 3.8) is 0 Å². The van der Waals surface area contributed by atoms with Crippen molar-refractivity contribution in [3.8, 4) is 11.1 Å². The zero-order valence-electron chi connectivity index (χ0n) is 18.8. The molecule has 1 atom stereocenters. The number of hydrogen-bond acceptors (Lipinski definition) is 6. The lowest BCUT2D eigenvalue weighted by Gasteiger charge is -2.21. The molecule has 0 aliphatic heterocycles. The third-order valence-corrected chi connectivity index (χ3v) is 5.95. The van der Waals surface area contributed by atoms with Gasteiger partial charge in [-0.1, -0.05) is 48.5 Å². The number of carboxylic acids is 1. The van der Waals surface area contributed by atoms with Crippen LogP contribution in [-0.2, 0) is 16.1 Å². The number of nitrogens with one attached hydrogen (secondary N) is 1. The molecule has 1 aromatic heterocycles. The van der Waals surface area contributed by atoms with Crippen LogP contribution in [0.3, 0.4) is 0 Å². The maximum absolute atomic E-state index is 12.3. The zero-order chi connectivity index (χ0) is 24.2. The Bertz CT molecular complexity index is 1180. The van der Waals surface area contributed by atoms with Crippen LogP contribution in [0.1, 0.15) is 40.2 Å². The summed E-state index contributed by atoms with van der Waals surface area (Å²) < 4.78 is 5.48. The van der Waals surface area contributed by atoms with Crippen LogP contribution in [0.2, 0.25) is 0 Å². The summed E-state index contributed by atoms with van der Waals surface area (Å²) in [6.07, 6.45) is 2.00. The average molecular weight is 460 g/mol. The Kier molecular flexibility index (Phi) is 6.53. The molecule has 0 spiro atoms. The molecule has 2 amide bonds. The number of alkyl carbamates (subject to hydrolysis) is 1. The van der Waals surface area contributed by atoms with Gasteiger partial charge in [0.05, 0.1) is 12.1 Å². The van der Waals surface area contributed by atoms with E-state index in [2.05, 4.69) is 27.4 Å². The Morgan fingerprint density at radius 3 is 2.15 bits per heavy atom. The number of benzene rings is 2. The van der Waals surface area contributed by atoms with E-state index in [9.17, 15) is 14.4 Å². The van der Waals surface area contributed by atoms with Crippen LogP contribution in [0.4, 0.5) is 4.79 Å². The topological polar surface area (TPSA) is 122 Å². The first-order valence-electron chi connectivity index (χ1n) is 10.8. The molecule has 2 N–H and O–H groups in total. The molecule has 1 aliphatic rings. The van der Waals surface area contributed by atoms with Gasteiger partial charge < -0.3 is 20.1 Å². The highest BCUT2D eigenvalue weighted by molar-refractivity contribution is 5.95. The Morgan fingerprint density at radius 1 is 1.03 bits per heavy atom. The monoisotopic (exact) mass is 460 g/mol. The van der Waals surface area contributed by atoms with Crippen molar-refractivity contribution in [2.24, 2.45) is 0 Å². The average Bonchev–Trinajstić information content (AvgIpc) is 3.18. The lowest BCUT2D eigenvalue weighted by Crippen LogP contribution is -2.40. The van der Waals surface area contributed by atoms with Gasteiger partial charge in [0.1, 0.15) is 18.5 Å². The normalized spacial score (nSPS) is 12.9. The number of likely N-dealkylation sites (N-methyl/N-ethyl adjacent to an activating group) is 1. The number of fused-ring (bicyclic) bond motifs is 3. The molecule has 2 aromatic carbocycles. The van der Waals surface area contributed by atoms with E-state index in [0.29, 0.717) is 5.82 Å². The summed E-state index contributed by atoms with van der Waals surface area (Å²) in [5.74, 6) is -1.37. The van der Waals surface area contributed by atoms with Crippen molar-refractivity contribution >= 4 is 18.0 Å². The first-order chi connectivity index (χ1) is 16.4. The molecule has 1 aliphatic carbocycles. The van der Waals surface area contributed by atoms with Gasteiger partial charge in [-0.2, -0.15) is 0 Å². The fraction of sp³-hybridized carbons (Fsp3) is 0.240. The van der Waals surface area contributed by atoms with Crippen molar-refractivity contribution in [1.29, 1.82) is 0 Å². The van der Waals surface area contributed by atoms with E-state index in [4.69, 9.17) is 9.84 Å². The quantitative estimate of drug-likeness (QED) is 0.556. The fourth-order valence-electron chi connectivity index (χ4n) is 3.90. The molecular weight excluding hydrogens is 436 g/mol. The molecule has 0 bridgehead atoms. The lowest BCUT2D eigenvalue weighted by molar-refractivity contribution is -0.141. The largest absolute Gasteiger partial charge is 0.480 e. The molecule has 1 heterocycles. The van der Waals surface area contributed by atoms with Gasteiger partial charge in [0.25, 0.3) is 5.91 Å². The third kappa shape index (κ3) is 4.59. The van der Waals surface area contributed by atoms with Gasteiger partial charge in [-0.3, -0.25) is 4.79 Å². The van der Waals surface area contributed by atoms with Gasteiger partial charge in [-0.25, -0.2) is 19.6 Å². The second kappa shape index (κ2) is 9.70. The van der Waals surface area contributed by atoms with Gasteiger partial charge >= 0.3 is 12.1 Å². The first kappa shape index (κ1) is 22.9. The minimum Gasteiger partial charge on any atom is -0.480 e. The summed E-state index contributed by atoms with van der Waals surface area (Å²) >= 11 is 0. The smallest absolute Gasteiger partial charge is 0.407 e.